The molecule has 1 aliphatic heterocycles. The fourth-order valence-corrected chi connectivity index (χ4v) is 1.98. The second kappa shape index (κ2) is 2.66. The molecule has 1 aliphatic rings. The van der Waals surface area contributed by atoms with Gasteiger partial charge in [0, 0.05) is 21.7 Å². The van der Waals surface area contributed by atoms with Crippen LogP contribution in [0.2, 0.25) is 0 Å². The Hall–Kier alpha value is -0.250. The number of rotatable bonds is 0. The Bertz CT molecular complexity index is 283. The highest BCUT2D eigenvalue weighted by Crippen LogP contribution is 2.31. The van der Waals surface area contributed by atoms with E-state index in [1.807, 2.05) is 0 Å². The predicted molar refractivity (Wildman–Crippen MR) is 56.1 cm³/mol. The zero-order valence-corrected chi connectivity index (χ0v) is 8.55. The topological polar surface area (TPSA) is 12.0 Å². The minimum absolute atomic E-state index is 0.682. The Morgan fingerprint density at radius 1 is 1.55 bits per heavy atom. The molecule has 0 saturated carbocycles. The summed E-state index contributed by atoms with van der Waals surface area (Å²) < 4.78 is 1.31. The Labute approximate surface area is 80.3 Å². The molecule has 0 spiro atoms. The summed E-state index contributed by atoms with van der Waals surface area (Å²) in [5.41, 5.74) is 2.79. The number of anilines is 1. The van der Waals surface area contributed by atoms with Gasteiger partial charge in [0.1, 0.15) is 0 Å². The number of fused-ring (bicyclic) bond motifs is 1. The average Bonchev–Trinajstić information content (AvgIpc) is 2.32. The first-order valence-corrected chi connectivity index (χ1v) is 4.88. The third kappa shape index (κ3) is 1.24. The van der Waals surface area contributed by atoms with Gasteiger partial charge in [-0.3, -0.25) is 0 Å². The Morgan fingerprint density at radius 3 is 3.18 bits per heavy atom. The van der Waals surface area contributed by atoms with Crippen LogP contribution in [-0.4, -0.2) is 6.54 Å². The van der Waals surface area contributed by atoms with Crippen LogP contribution in [-0.2, 0) is 0 Å². The van der Waals surface area contributed by atoms with Gasteiger partial charge < -0.3 is 5.32 Å². The van der Waals surface area contributed by atoms with E-state index < -0.39 is 0 Å². The van der Waals surface area contributed by atoms with Crippen LogP contribution in [0.1, 0.15) is 18.4 Å². The van der Waals surface area contributed by atoms with Crippen LogP contribution in [0.5, 0.6) is 0 Å². The smallest absolute Gasteiger partial charge is 0.0386 e. The molecule has 0 aliphatic carbocycles. The van der Waals surface area contributed by atoms with Crippen molar-refractivity contribution in [2.75, 3.05) is 11.9 Å². The van der Waals surface area contributed by atoms with Crippen molar-refractivity contribution in [2.24, 2.45) is 0 Å². The van der Waals surface area contributed by atoms with E-state index in [2.05, 4.69) is 53.0 Å². The molecule has 0 bridgehead atoms. The Kier molecular flexibility index (Phi) is 1.79. The molecule has 11 heavy (non-hydrogen) atoms. The lowest BCUT2D eigenvalue weighted by Gasteiger charge is -2.01. The summed E-state index contributed by atoms with van der Waals surface area (Å²) in [4.78, 5) is 0. The predicted octanol–water partition coefficient (Wildman–Crippen LogP) is 2.82. The zero-order chi connectivity index (χ0) is 7.84. The van der Waals surface area contributed by atoms with Crippen molar-refractivity contribution >= 4 is 28.3 Å². The molecule has 1 heterocycles. The van der Waals surface area contributed by atoms with Crippen LogP contribution in [0.15, 0.2) is 18.2 Å². The molecule has 0 amide bonds. The van der Waals surface area contributed by atoms with Gasteiger partial charge in [0.15, 0.2) is 0 Å². The molecule has 1 aromatic carbocycles. The highest BCUT2D eigenvalue weighted by Gasteiger charge is 2.16. The van der Waals surface area contributed by atoms with Crippen molar-refractivity contribution in [3.63, 3.8) is 0 Å². The van der Waals surface area contributed by atoms with Gasteiger partial charge in [-0.1, -0.05) is 13.0 Å². The summed E-state index contributed by atoms with van der Waals surface area (Å²) in [6.45, 7) is 3.35. The van der Waals surface area contributed by atoms with Gasteiger partial charge in [-0.2, -0.15) is 0 Å². The highest BCUT2D eigenvalue weighted by atomic mass is 127. The molecule has 2 heteroatoms. The lowest BCUT2D eigenvalue weighted by atomic mass is 10.0. The standard InChI is InChI=1S/C9H10IN/c1-6-5-11-9-4-7(10)2-3-8(6)9/h2-4,6,11H,5H2,1H3. The third-order valence-electron chi connectivity index (χ3n) is 2.14. The van der Waals surface area contributed by atoms with Crippen LogP contribution >= 0.6 is 22.6 Å². The number of hydrogen-bond acceptors (Lipinski definition) is 1. The molecule has 0 fully saturated rings. The monoisotopic (exact) mass is 259 g/mol. The van der Waals surface area contributed by atoms with Crippen molar-refractivity contribution in [3.8, 4) is 0 Å². The van der Waals surface area contributed by atoms with E-state index >= 15 is 0 Å². The summed E-state index contributed by atoms with van der Waals surface area (Å²) >= 11 is 2.34. The lowest BCUT2D eigenvalue weighted by Crippen LogP contribution is -1.95. The van der Waals surface area contributed by atoms with Gasteiger partial charge in [-0.15, -0.1) is 0 Å². The van der Waals surface area contributed by atoms with Gasteiger partial charge in [0.05, 0.1) is 0 Å². The number of hydrogen-bond donors (Lipinski definition) is 1. The molecule has 0 aromatic heterocycles. The molecule has 1 nitrogen and oxygen atoms in total. The van der Waals surface area contributed by atoms with E-state index in [0.29, 0.717) is 5.92 Å². The summed E-state index contributed by atoms with van der Waals surface area (Å²) in [7, 11) is 0. The van der Waals surface area contributed by atoms with Gasteiger partial charge in [-0.25, -0.2) is 0 Å². The highest BCUT2D eigenvalue weighted by molar-refractivity contribution is 14.1. The molecule has 0 saturated heterocycles. The first-order chi connectivity index (χ1) is 5.27. The maximum atomic E-state index is 3.39. The largest absolute Gasteiger partial charge is 0.384 e. The van der Waals surface area contributed by atoms with Crippen molar-refractivity contribution in [1.29, 1.82) is 0 Å². The van der Waals surface area contributed by atoms with Crippen molar-refractivity contribution in [2.45, 2.75) is 12.8 Å². The fourth-order valence-electron chi connectivity index (χ4n) is 1.48. The molecule has 1 aromatic rings. The minimum Gasteiger partial charge on any atom is -0.384 e. The zero-order valence-electron chi connectivity index (χ0n) is 6.39. The summed E-state index contributed by atoms with van der Waals surface area (Å²) in [6, 6.07) is 6.60. The van der Waals surface area contributed by atoms with E-state index in [0.717, 1.165) is 6.54 Å². The fraction of sp³-hybridized carbons (Fsp3) is 0.333. The average molecular weight is 259 g/mol. The third-order valence-corrected chi connectivity index (χ3v) is 2.82. The molecule has 2 rings (SSSR count). The molecule has 58 valence electrons. The minimum atomic E-state index is 0.682. The SMILES string of the molecule is CC1CNc2cc(I)ccc21. The molecule has 1 unspecified atom stereocenters. The van der Waals surface area contributed by atoms with Crippen LogP contribution in [0.25, 0.3) is 0 Å². The maximum absolute atomic E-state index is 3.39. The van der Waals surface area contributed by atoms with E-state index in [1.165, 1.54) is 14.8 Å². The number of nitrogens with one attached hydrogen (secondary N) is 1. The second-order valence-electron chi connectivity index (χ2n) is 3.01. The van der Waals surface area contributed by atoms with Crippen molar-refractivity contribution in [1.82, 2.24) is 0 Å². The molecular formula is C9H10IN. The first kappa shape index (κ1) is 7.40. The summed E-state index contributed by atoms with van der Waals surface area (Å²) in [5, 5.41) is 3.39. The van der Waals surface area contributed by atoms with E-state index in [-0.39, 0.29) is 0 Å². The van der Waals surface area contributed by atoms with E-state index in [1.54, 1.807) is 0 Å². The number of benzene rings is 1. The quantitative estimate of drug-likeness (QED) is 0.706. The molecular weight excluding hydrogens is 249 g/mol. The van der Waals surface area contributed by atoms with E-state index in [9.17, 15) is 0 Å². The molecule has 1 atom stereocenters. The lowest BCUT2D eigenvalue weighted by molar-refractivity contribution is 0.854. The van der Waals surface area contributed by atoms with Gasteiger partial charge in [0.25, 0.3) is 0 Å². The summed E-state index contributed by atoms with van der Waals surface area (Å²) in [5.74, 6) is 0.682. The normalized spacial score (nSPS) is 21.1. The maximum Gasteiger partial charge on any atom is 0.0386 e. The van der Waals surface area contributed by atoms with Crippen molar-refractivity contribution in [3.05, 3.63) is 27.3 Å². The van der Waals surface area contributed by atoms with Gasteiger partial charge in [-0.05, 0) is 40.3 Å². The second-order valence-corrected chi connectivity index (χ2v) is 4.26. The summed E-state index contributed by atoms with van der Waals surface area (Å²) in [6.07, 6.45) is 0. The molecule has 0 radical (unpaired) electrons. The van der Waals surface area contributed by atoms with Crippen molar-refractivity contribution < 1.29 is 0 Å². The first-order valence-electron chi connectivity index (χ1n) is 3.80. The number of halogens is 1. The van der Waals surface area contributed by atoms with E-state index in [4.69, 9.17) is 0 Å². The van der Waals surface area contributed by atoms with Gasteiger partial charge in [0.2, 0.25) is 0 Å². The van der Waals surface area contributed by atoms with Crippen LogP contribution < -0.4 is 5.32 Å². The Balaban J connectivity index is 2.50. The van der Waals surface area contributed by atoms with Crippen LogP contribution in [0.4, 0.5) is 5.69 Å². The Morgan fingerprint density at radius 2 is 2.36 bits per heavy atom. The van der Waals surface area contributed by atoms with Crippen LogP contribution in [0.3, 0.4) is 0 Å². The van der Waals surface area contributed by atoms with Gasteiger partial charge >= 0.3 is 0 Å². The van der Waals surface area contributed by atoms with Crippen LogP contribution in [0, 0.1) is 3.57 Å². The molecule has 1 N–H and O–H groups in total.